The number of rotatable bonds is 7. The van der Waals surface area contributed by atoms with Crippen molar-refractivity contribution in [2.24, 2.45) is 0 Å². The third kappa shape index (κ3) is 4.82. The van der Waals surface area contributed by atoms with Gasteiger partial charge >= 0.3 is 0 Å². The number of ether oxygens (including phenoxy) is 3. The molecule has 0 bridgehead atoms. The summed E-state index contributed by atoms with van der Waals surface area (Å²) in [5.41, 5.74) is 1.16. The van der Waals surface area contributed by atoms with Crippen LogP contribution in [-0.2, 0) is 16.4 Å². The average molecular weight is 454 g/mol. The molecule has 1 unspecified atom stereocenters. The van der Waals surface area contributed by atoms with E-state index in [1.54, 1.807) is 36.3 Å². The van der Waals surface area contributed by atoms with E-state index in [2.05, 4.69) is 0 Å². The summed E-state index contributed by atoms with van der Waals surface area (Å²) in [7, 11) is 1.40. The van der Waals surface area contributed by atoms with Gasteiger partial charge in [-0.25, -0.2) is 8.42 Å². The number of carbonyl (C=O) groups excluding carboxylic acids is 1. The molecule has 1 heterocycles. The second-order valence-corrected chi connectivity index (χ2v) is 9.66. The molecule has 162 valence electrons. The van der Waals surface area contributed by atoms with Gasteiger partial charge in [0.05, 0.1) is 37.9 Å². The summed E-state index contributed by atoms with van der Waals surface area (Å²) in [6.07, 6.45) is 0.394. The van der Waals surface area contributed by atoms with Gasteiger partial charge in [-0.1, -0.05) is 17.7 Å². The summed E-state index contributed by atoms with van der Waals surface area (Å²) in [6, 6.07) is 9.72. The highest BCUT2D eigenvalue weighted by atomic mass is 35.5. The zero-order chi connectivity index (χ0) is 21.9. The molecular formula is C21H24ClNO6S. The standard InChI is InChI=1S/C21H24ClNO6S/c1-27-18-7-5-15(11-17(18)22)21(24)23(16-8-9-30(25,26)13-16)12-14-4-6-19(28-2)20(10-14)29-3/h4-7,10-11,16H,8-9,12-13H2,1-3H3. The van der Waals surface area contributed by atoms with Crippen molar-refractivity contribution in [2.75, 3.05) is 32.8 Å². The highest BCUT2D eigenvalue weighted by Crippen LogP contribution is 2.31. The largest absolute Gasteiger partial charge is 0.495 e. The molecular weight excluding hydrogens is 430 g/mol. The third-order valence-electron chi connectivity index (χ3n) is 5.11. The number of nitrogens with zero attached hydrogens (tertiary/aromatic N) is 1. The lowest BCUT2D eigenvalue weighted by Gasteiger charge is -2.29. The number of amides is 1. The highest BCUT2D eigenvalue weighted by Gasteiger charge is 2.35. The molecule has 2 aromatic carbocycles. The van der Waals surface area contributed by atoms with E-state index in [4.69, 9.17) is 25.8 Å². The molecule has 9 heteroatoms. The van der Waals surface area contributed by atoms with Gasteiger partial charge in [0.1, 0.15) is 5.75 Å². The summed E-state index contributed by atoms with van der Waals surface area (Å²) in [5.74, 6) is 1.28. The average Bonchev–Trinajstić information content (AvgIpc) is 3.10. The van der Waals surface area contributed by atoms with Crippen molar-refractivity contribution < 1.29 is 27.4 Å². The number of sulfone groups is 1. The number of hydrogen-bond donors (Lipinski definition) is 0. The van der Waals surface area contributed by atoms with Gasteiger partial charge < -0.3 is 19.1 Å². The van der Waals surface area contributed by atoms with Crippen LogP contribution in [0.5, 0.6) is 17.2 Å². The molecule has 1 atom stereocenters. The van der Waals surface area contributed by atoms with Crippen LogP contribution in [0.1, 0.15) is 22.3 Å². The maximum Gasteiger partial charge on any atom is 0.254 e. The molecule has 0 aliphatic carbocycles. The molecule has 3 rings (SSSR count). The van der Waals surface area contributed by atoms with Crippen molar-refractivity contribution in [3.8, 4) is 17.2 Å². The molecule has 1 fully saturated rings. The Bertz CT molecular complexity index is 1040. The molecule has 0 spiro atoms. The fourth-order valence-electron chi connectivity index (χ4n) is 3.53. The molecule has 30 heavy (non-hydrogen) atoms. The molecule has 0 N–H and O–H groups in total. The Morgan fingerprint density at radius 1 is 1.03 bits per heavy atom. The van der Waals surface area contributed by atoms with E-state index in [1.807, 2.05) is 6.07 Å². The van der Waals surface area contributed by atoms with Gasteiger partial charge in [0.2, 0.25) is 0 Å². The second kappa shape index (κ2) is 9.14. The number of hydrogen-bond acceptors (Lipinski definition) is 6. The first-order chi connectivity index (χ1) is 14.3. The van der Waals surface area contributed by atoms with Crippen LogP contribution in [0.4, 0.5) is 0 Å². The van der Waals surface area contributed by atoms with Crippen molar-refractivity contribution in [3.05, 3.63) is 52.5 Å². The van der Waals surface area contributed by atoms with Gasteiger partial charge in [0.25, 0.3) is 5.91 Å². The molecule has 1 aliphatic heterocycles. The smallest absolute Gasteiger partial charge is 0.254 e. The fourth-order valence-corrected chi connectivity index (χ4v) is 5.52. The van der Waals surface area contributed by atoms with Crippen LogP contribution < -0.4 is 14.2 Å². The number of methoxy groups -OCH3 is 3. The zero-order valence-corrected chi connectivity index (χ0v) is 18.6. The van der Waals surface area contributed by atoms with Gasteiger partial charge in [0.15, 0.2) is 21.3 Å². The lowest BCUT2D eigenvalue weighted by Crippen LogP contribution is -2.40. The molecule has 0 aromatic heterocycles. The zero-order valence-electron chi connectivity index (χ0n) is 17.1. The lowest BCUT2D eigenvalue weighted by atomic mass is 10.1. The Hall–Kier alpha value is -2.45. The van der Waals surface area contributed by atoms with Gasteiger partial charge in [-0.15, -0.1) is 0 Å². The predicted molar refractivity (Wildman–Crippen MR) is 114 cm³/mol. The first-order valence-corrected chi connectivity index (χ1v) is 11.5. The van der Waals surface area contributed by atoms with E-state index >= 15 is 0 Å². The Morgan fingerprint density at radius 2 is 1.70 bits per heavy atom. The number of halogens is 1. The van der Waals surface area contributed by atoms with Crippen molar-refractivity contribution in [3.63, 3.8) is 0 Å². The topological polar surface area (TPSA) is 82.1 Å². The highest BCUT2D eigenvalue weighted by molar-refractivity contribution is 7.91. The number of carbonyl (C=O) groups is 1. The van der Waals surface area contributed by atoms with Crippen molar-refractivity contribution in [1.29, 1.82) is 0 Å². The lowest BCUT2D eigenvalue weighted by molar-refractivity contribution is 0.0680. The van der Waals surface area contributed by atoms with Crippen LogP contribution in [0.2, 0.25) is 5.02 Å². The van der Waals surface area contributed by atoms with Crippen LogP contribution in [0.3, 0.4) is 0 Å². The summed E-state index contributed by atoms with van der Waals surface area (Å²) in [5, 5.41) is 0.313. The molecule has 1 saturated heterocycles. The summed E-state index contributed by atoms with van der Waals surface area (Å²) in [4.78, 5) is 14.9. The molecule has 7 nitrogen and oxygen atoms in total. The summed E-state index contributed by atoms with van der Waals surface area (Å²) >= 11 is 6.19. The molecule has 0 saturated carbocycles. The maximum atomic E-state index is 13.4. The van der Waals surface area contributed by atoms with Gasteiger partial charge in [-0.2, -0.15) is 0 Å². The van der Waals surface area contributed by atoms with E-state index < -0.39 is 15.9 Å². The SMILES string of the molecule is COc1ccc(C(=O)N(Cc2ccc(OC)c(OC)c2)C2CCS(=O)(=O)C2)cc1Cl. The molecule has 0 radical (unpaired) electrons. The van der Waals surface area contributed by atoms with E-state index in [-0.39, 0.29) is 24.0 Å². The summed E-state index contributed by atoms with van der Waals surface area (Å²) in [6.45, 7) is 0.225. The van der Waals surface area contributed by atoms with Gasteiger partial charge in [0, 0.05) is 18.2 Å². The van der Waals surface area contributed by atoms with E-state index in [9.17, 15) is 13.2 Å². The van der Waals surface area contributed by atoms with Gasteiger partial charge in [-0.3, -0.25) is 4.79 Å². The Balaban J connectivity index is 1.95. The Kier molecular flexibility index (Phi) is 6.77. The van der Waals surface area contributed by atoms with Crippen molar-refractivity contribution >= 4 is 27.3 Å². The van der Waals surface area contributed by atoms with Crippen LogP contribution >= 0.6 is 11.6 Å². The van der Waals surface area contributed by atoms with E-state index in [1.165, 1.54) is 20.3 Å². The predicted octanol–water partition coefficient (Wildman–Crippen LogP) is 3.20. The molecule has 1 aliphatic rings. The quantitative estimate of drug-likeness (QED) is 0.640. The maximum absolute atomic E-state index is 13.4. The minimum atomic E-state index is -3.18. The number of benzene rings is 2. The van der Waals surface area contributed by atoms with Crippen molar-refractivity contribution in [1.82, 2.24) is 4.90 Å². The molecule has 2 aromatic rings. The second-order valence-electron chi connectivity index (χ2n) is 7.03. The minimum absolute atomic E-state index is 0.0596. The van der Waals surface area contributed by atoms with Crippen LogP contribution in [0.25, 0.3) is 0 Å². The summed E-state index contributed by atoms with van der Waals surface area (Å²) < 4.78 is 39.9. The van der Waals surface area contributed by atoms with Crippen LogP contribution in [0.15, 0.2) is 36.4 Å². The van der Waals surface area contributed by atoms with Crippen LogP contribution in [-0.4, -0.2) is 58.1 Å². The fraction of sp³-hybridized carbons (Fsp3) is 0.381. The minimum Gasteiger partial charge on any atom is -0.495 e. The van der Waals surface area contributed by atoms with E-state index in [0.717, 1.165) is 5.56 Å². The first kappa shape index (κ1) is 22.2. The van der Waals surface area contributed by atoms with E-state index in [0.29, 0.717) is 34.3 Å². The molecule has 1 amide bonds. The van der Waals surface area contributed by atoms with Gasteiger partial charge in [-0.05, 0) is 42.3 Å². The monoisotopic (exact) mass is 453 g/mol. The normalized spacial score (nSPS) is 17.4. The van der Waals surface area contributed by atoms with Crippen molar-refractivity contribution in [2.45, 2.75) is 19.0 Å². The Morgan fingerprint density at radius 3 is 2.27 bits per heavy atom. The first-order valence-electron chi connectivity index (χ1n) is 9.34. The third-order valence-corrected chi connectivity index (χ3v) is 7.16. The Labute approximate surface area is 181 Å². The van der Waals surface area contributed by atoms with Crippen LogP contribution in [0, 0.1) is 0 Å².